The Morgan fingerprint density at radius 1 is 1.29 bits per heavy atom. The van der Waals surface area contributed by atoms with Gasteiger partial charge in [0.1, 0.15) is 5.82 Å². The van der Waals surface area contributed by atoms with Crippen LogP contribution in [-0.4, -0.2) is 11.5 Å². The maximum atomic E-state index is 13.2. The van der Waals surface area contributed by atoms with E-state index in [0.29, 0.717) is 11.4 Å². The highest BCUT2D eigenvalue weighted by Crippen LogP contribution is 2.24. The molecule has 1 N–H and O–H groups in total. The van der Waals surface area contributed by atoms with Gasteiger partial charge in [-0.2, -0.15) is 0 Å². The van der Waals surface area contributed by atoms with Crippen LogP contribution in [0.25, 0.3) is 0 Å². The first-order valence-electron chi connectivity index (χ1n) is 7.19. The van der Waals surface area contributed by atoms with Crippen molar-refractivity contribution in [1.82, 2.24) is 10.3 Å². The summed E-state index contributed by atoms with van der Waals surface area (Å²) in [4.78, 5) is 4.26. The first-order chi connectivity index (χ1) is 10.1. The molecule has 1 unspecified atom stereocenters. The Labute approximate surface area is 130 Å². The van der Waals surface area contributed by atoms with E-state index in [1.807, 2.05) is 19.3 Å². The summed E-state index contributed by atoms with van der Waals surface area (Å²) in [6, 6.07) is 6.81. The fourth-order valence-corrected chi connectivity index (χ4v) is 2.55. The predicted molar refractivity (Wildman–Crippen MR) is 85.1 cm³/mol. The molecule has 0 radical (unpaired) electrons. The summed E-state index contributed by atoms with van der Waals surface area (Å²) in [7, 11) is 0. The summed E-state index contributed by atoms with van der Waals surface area (Å²) in [6.45, 7) is 5.07. The Morgan fingerprint density at radius 2 is 2.10 bits per heavy atom. The van der Waals surface area contributed by atoms with Crippen LogP contribution in [0.4, 0.5) is 4.39 Å². The van der Waals surface area contributed by atoms with Crippen molar-refractivity contribution in [3.05, 3.63) is 64.2 Å². The van der Waals surface area contributed by atoms with Crippen LogP contribution in [0.15, 0.2) is 36.7 Å². The van der Waals surface area contributed by atoms with E-state index in [0.717, 1.165) is 29.7 Å². The van der Waals surface area contributed by atoms with E-state index in [1.54, 1.807) is 6.07 Å². The number of nitrogens with zero attached hydrogens (tertiary/aromatic N) is 1. The molecule has 0 amide bonds. The van der Waals surface area contributed by atoms with Crippen molar-refractivity contribution in [2.24, 2.45) is 0 Å². The number of halogens is 2. The van der Waals surface area contributed by atoms with Gasteiger partial charge in [-0.05, 0) is 55.1 Å². The number of hydrogen-bond donors (Lipinski definition) is 1. The molecule has 4 heteroatoms. The molecule has 0 aliphatic heterocycles. The monoisotopic (exact) mass is 306 g/mol. The average molecular weight is 307 g/mol. The van der Waals surface area contributed by atoms with E-state index < -0.39 is 0 Å². The number of benzene rings is 1. The van der Waals surface area contributed by atoms with Gasteiger partial charge < -0.3 is 5.32 Å². The molecule has 0 spiro atoms. The largest absolute Gasteiger partial charge is 0.310 e. The van der Waals surface area contributed by atoms with Crippen LogP contribution in [0.3, 0.4) is 0 Å². The first-order valence-corrected chi connectivity index (χ1v) is 7.56. The molecule has 1 atom stereocenters. The molecule has 2 rings (SSSR count). The molecule has 1 aromatic heterocycles. The summed E-state index contributed by atoms with van der Waals surface area (Å²) in [5, 5.41) is 3.98. The standard InChI is InChI=1S/C17H20ClFN2/c1-3-6-21-17(14-7-12(2)10-20-11-14)8-13-4-5-15(19)9-16(13)18/h4-5,7,9-11,17,21H,3,6,8H2,1-2H3. The Balaban J connectivity index is 2.23. The molecule has 0 bridgehead atoms. The predicted octanol–water partition coefficient (Wildman–Crippen LogP) is 4.47. The Bertz CT molecular complexity index is 601. The van der Waals surface area contributed by atoms with Crippen LogP contribution < -0.4 is 5.32 Å². The summed E-state index contributed by atoms with van der Waals surface area (Å²) < 4.78 is 13.2. The number of nitrogens with one attached hydrogen (secondary N) is 1. The molecule has 1 heterocycles. The van der Waals surface area contributed by atoms with Crippen molar-refractivity contribution in [2.75, 3.05) is 6.54 Å². The molecule has 0 saturated carbocycles. The second-order valence-corrected chi connectivity index (χ2v) is 5.65. The fourth-order valence-electron chi connectivity index (χ4n) is 2.30. The van der Waals surface area contributed by atoms with Crippen LogP contribution in [0.2, 0.25) is 5.02 Å². The Morgan fingerprint density at radius 3 is 2.76 bits per heavy atom. The highest BCUT2D eigenvalue weighted by molar-refractivity contribution is 6.31. The third-order valence-electron chi connectivity index (χ3n) is 3.38. The van der Waals surface area contributed by atoms with Gasteiger partial charge in [-0.15, -0.1) is 0 Å². The van der Waals surface area contributed by atoms with Crippen LogP contribution in [0, 0.1) is 12.7 Å². The van der Waals surface area contributed by atoms with E-state index in [4.69, 9.17) is 11.6 Å². The number of aryl methyl sites for hydroxylation is 1. The van der Waals surface area contributed by atoms with Gasteiger partial charge >= 0.3 is 0 Å². The first kappa shape index (κ1) is 15.9. The lowest BCUT2D eigenvalue weighted by Crippen LogP contribution is -2.24. The highest BCUT2D eigenvalue weighted by Gasteiger charge is 2.14. The second-order valence-electron chi connectivity index (χ2n) is 5.24. The van der Waals surface area contributed by atoms with Gasteiger partial charge in [0.15, 0.2) is 0 Å². The lowest BCUT2D eigenvalue weighted by Gasteiger charge is -2.20. The minimum atomic E-state index is -0.306. The molecule has 0 saturated heterocycles. The third-order valence-corrected chi connectivity index (χ3v) is 3.73. The number of aromatic nitrogens is 1. The van der Waals surface area contributed by atoms with Gasteiger partial charge in [0.25, 0.3) is 0 Å². The van der Waals surface area contributed by atoms with E-state index in [-0.39, 0.29) is 11.9 Å². The molecular weight excluding hydrogens is 287 g/mol. The SMILES string of the molecule is CCCNC(Cc1ccc(F)cc1Cl)c1cncc(C)c1. The van der Waals surface area contributed by atoms with E-state index in [1.165, 1.54) is 12.1 Å². The van der Waals surface area contributed by atoms with E-state index >= 15 is 0 Å². The van der Waals surface area contributed by atoms with E-state index in [2.05, 4.69) is 23.3 Å². The molecule has 21 heavy (non-hydrogen) atoms. The topological polar surface area (TPSA) is 24.9 Å². The smallest absolute Gasteiger partial charge is 0.124 e. The lowest BCUT2D eigenvalue weighted by atomic mass is 9.99. The van der Waals surface area contributed by atoms with Crippen molar-refractivity contribution in [2.45, 2.75) is 32.7 Å². The quantitative estimate of drug-likeness (QED) is 0.852. The maximum Gasteiger partial charge on any atom is 0.124 e. The summed E-state index contributed by atoms with van der Waals surface area (Å²) >= 11 is 6.14. The van der Waals surface area contributed by atoms with Crippen LogP contribution in [-0.2, 0) is 6.42 Å². The molecule has 0 aliphatic rings. The summed E-state index contributed by atoms with van der Waals surface area (Å²) in [6.07, 6.45) is 5.47. The van der Waals surface area contributed by atoms with Gasteiger partial charge in [-0.25, -0.2) is 4.39 Å². The summed E-state index contributed by atoms with van der Waals surface area (Å²) in [5.74, 6) is -0.306. The maximum absolute atomic E-state index is 13.2. The van der Waals surface area contributed by atoms with Gasteiger partial charge in [-0.1, -0.05) is 30.7 Å². The van der Waals surface area contributed by atoms with Crippen molar-refractivity contribution in [3.63, 3.8) is 0 Å². The normalized spacial score (nSPS) is 12.4. The zero-order chi connectivity index (χ0) is 15.2. The van der Waals surface area contributed by atoms with Crippen molar-refractivity contribution in [1.29, 1.82) is 0 Å². The minimum Gasteiger partial charge on any atom is -0.310 e. The van der Waals surface area contributed by atoms with Gasteiger partial charge in [0.05, 0.1) is 0 Å². The van der Waals surface area contributed by atoms with Gasteiger partial charge in [0, 0.05) is 23.5 Å². The van der Waals surface area contributed by atoms with Crippen molar-refractivity contribution in [3.8, 4) is 0 Å². The second kappa shape index (κ2) is 7.53. The minimum absolute atomic E-state index is 0.125. The zero-order valence-corrected chi connectivity index (χ0v) is 13.1. The highest BCUT2D eigenvalue weighted by atomic mass is 35.5. The number of pyridine rings is 1. The molecule has 0 fully saturated rings. The van der Waals surface area contributed by atoms with Crippen LogP contribution >= 0.6 is 11.6 Å². The van der Waals surface area contributed by atoms with Crippen molar-refractivity contribution >= 4 is 11.6 Å². The number of rotatable bonds is 6. The molecule has 0 aliphatic carbocycles. The molecule has 2 nitrogen and oxygen atoms in total. The Hall–Kier alpha value is -1.45. The summed E-state index contributed by atoms with van der Waals surface area (Å²) in [5.41, 5.74) is 3.19. The average Bonchev–Trinajstić information content (AvgIpc) is 2.45. The zero-order valence-electron chi connectivity index (χ0n) is 12.4. The van der Waals surface area contributed by atoms with Gasteiger partial charge in [0.2, 0.25) is 0 Å². The third kappa shape index (κ3) is 4.51. The van der Waals surface area contributed by atoms with Crippen LogP contribution in [0.1, 0.15) is 36.1 Å². The molecule has 112 valence electrons. The number of hydrogen-bond acceptors (Lipinski definition) is 2. The van der Waals surface area contributed by atoms with E-state index in [9.17, 15) is 4.39 Å². The lowest BCUT2D eigenvalue weighted by molar-refractivity contribution is 0.527. The Kier molecular flexibility index (Phi) is 5.71. The molecule has 1 aromatic carbocycles. The fraction of sp³-hybridized carbons (Fsp3) is 0.353. The van der Waals surface area contributed by atoms with Crippen molar-refractivity contribution < 1.29 is 4.39 Å². The molecule has 2 aromatic rings. The molecular formula is C17H20ClFN2. The van der Waals surface area contributed by atoms with Gasteiger partial charge in [-0.3, -0.25) is 4.98 Å². The van der Waals surface area contributed by atoms with Crippen LogP contribution in [0.5, 0.6) is 0 Å².